The second kappa shape index (κ2) is 5.43. The van der Waals surface area contributed by atoms with Crippen molar-refractivity contribution in [2.24, 2.45) is 0 Å². The molecule has 0 saturated carbocycles. The molecule has 0 radical (unpaired) electrons. The Kier molecular flexibility index (Phi) is 4.39. The van der Waals surface area contributed by atoms with Crippen LogP contribution in [0.15, 0.2) is 29.3 Å². The molecule has 1 aromatic rings. The molecule has 0 atom stereocenters. The maximum atomic E-state index is 12.4. The number of anilines is 1. The van der Waals surface area contributed by atoms with Crippen LogP contribution in [0.1, 0.15) is 15.9 Å². The van der Waals surface area contributed by atoms with Gasteiger partial charge in [-0.2, -0.15) is 13.2 Å². The van der Waals surface area contributed by atoms with Crippen LogP contribution in [0, 0.1) is 0 Å². The first-order valence-corrected chi connectivity index (χ1v) is 5.53. The van der Waals surface area contributed by atoms with Crippen LogP contribution in [-0.4, -0.2) is 17.6 Å². The van der Waals surface area contributed by atoms with Crippen LogP contribution in [0.4, 0.5) is 18.9 Å². The quantitative estimate of drug-likeness (QED) is 0.887. The van der Waals surface area contributed by atoms with Crippen LogP contribution in [-0.2, 0) is 6.18 Å². The molecule has 0 spiro atoms. The highest BCUT2D eigenvalue weighted by atomic mass is 79.9. The molecule has 1 rings (SSSR count). The molecule has 0 fully saturated rings. The second-order valence-electron chi connectivity index (χ2n) is 3.43. The molecule has 2 N–H and O–H groups in total. The van der Waals surface area contributed by atoms with Crippen molar-refractivity contribution in [2.45, 2.75) is 6.18 Å². The topological polar surface area (TPSA) is 49.3 Å². The number of nitrogens with one attached hydrogen (secondary N) is 1. The van der Waals surface area contributed by atoms with Crippen molar-refractivity contribution in [1.29, 1.82) is 0 Å². The third-order valence-electron chi connectivity index (χ3n) is 2.05. The molecule has 18 heavy (non-hydrogen) atoms. The molecule has 0 saturated heterocycles. The summed E-state index contributed by atoms with van der Waals surface area (Å²) >= 11 is 3.06. The standard InChI is InChI=1S/C11H9BrF3NO2/c1-6(12)5-16-9-3-2-7(11(13,14)15)4-8(9)10(17)18/h2-4,16H,1,5H2,(H,17,18). The van der Waals surface area contributed by atoms with Gasteiger partial charge in [0.1, 0.15) is 0 Å². The van der Waals surface area contributed by atoms with Crippen molar-refractivity contribution in [3.05, 3.63) is 40.4 Å². The summed E-state index contributed by atoms with van der Waals surface area (Å²) in [4.78, 5) is 10.9. The van der Waals surface area contributed by atoms with E-state index in [1.807, 2.05) is 0 Å². The van der Waals surface area contributed by atoms with E-state index in [9.17, 15) is 18.0 Å². The Morgan fingerprint density at radius 3 is 2.50 bits per heavy atom. The number of hydrogen-bond acceptors (Lipinski definition) is 2. The minimum absolute atomic E-state index is 0.108. The third-order valence-corrected chi connectivity index (χ3v) is 2.33. The van der Waals surface area contributed by atoms with Crippen LogP contribution >= 0.6 is 15.9 Å². The van der Waals surface area contributed by atoms with Gasteiger partial charge in [-0.1, -0.05) is 22.5 Å². The number of carbonyl (C=O) groups is 1. The first kappa shape index (κ1) is 14.6. The lowest BCUT2D eigenvalue weighted by molar-refractivity contribution is -0.137. The molecular formula is C11H9BrF3NO2. The number of alkyl halides is 3. The molecule has 0 bridgehead atoms. The zero-order chi connectivity index (χ0) is 13.9. The Morgan fingerprint density at radius 2 is 2.06 bits per heavy atom. The highest BCUT2D eigenvalue weighted by Crippen LogP contribution is 2.32. The molecular weight excluding hydrogens is 315 g/mol. The molecule has 0 aliphatic heterocycles. The highest BCUT2D eigenvalue weighted by molar-refractivity contribution is 9.11. The normalized spacial score (nSPS) is 11.1. The van der Waals surface area contributed by atoms with Crippen LogP contribution in [0.2, 0.25) is 0 Å². The van der Waals surface area contributed by atoms with Crippen molar-refractivity contribution in [2.75, 3.05) is 11.9 Å². The molecule has 7 heteroatoms. The Balaban J connectivity index is 3.13. The summed E-state index contributed by atoms with van der Waals surface area (Å²) in [6, 6.07) is 2.51. The van der Waals surface area contributed by atoms with Gasteiger partial charge in [0, 0.05) is 16.7 Å². The maximum absolute atomic E-state index is 12.4. The van der Waals surface area contributed by atoms with Crippen molar-refractivity contribution in [3.8, 4) is 0 Å². The van der Waals surface area contributed by atoms with Crippen LogP contribution < -0.4 is 5.32 Å². The number of carboxylic acids is 1. The van der Waals surface area contributed by atoms with E-state index in [4.69, 9.17) is 5.11 Å². The van der Waals surface area contributed by atoms with Crippen LogP contribution in [0.5, 0.6) is 0 Å². The highest BCUT2D eigenvalue weighted by Gasteiger charge is 2.31. The van der Waals surface area contributed by atoms with Gasteiger partial charge in [0.15, 0.2) is 0 Å². The Labute approximate surface area is 109 Å². The van der Waals surface area contributed by atoms with Gasteiger partial charge in [-0.05, 0) is 18.2 Å². The molecule has 0 aliphatic rings. The fourth-order valence-electron chi connectivity index (χ4n) is 1.24. The SMILES string of the molecule is C=C(Br)CNc1ccc(C(F)(F)F)cc1C(=O)O. The third kappa shape index (κ3) is 3.76. The minimum Gasteiger partial charge on any atom is -0.478 e. The van der Waals surface area contributed by atoms with Gasteiger partial charge < -0.3 is 10.4 Å². The van der Waals surface area contributed by atoms with E-state index in [-0.39, 0.29) is 12.2 Å². The Bertz CT molecular complexity index is 486. The van der Waals surface area contributed by atoms with E-state index in [0.717, 1.165) is 12.1 Å². The lowest BCUT2D eigenvalue weighted by Crippen LogP contribution is -2.11. The number of rotatable bonds is 4. The molecule has 98 valence electrons. The van der Waals surface area contributed by atoms with Gasteiger partial charge in [-0.15, -0.1) is 0 Å². The van der Waals surface area contributed by atoms with Gasteiger partial charge in [0.2, 0.25) is 0 Å². The predicted molar refractivity (Wildman–Crippen MR) is 65.0 cm³/mol. The molecule has 0 heterocycles. The smallest absolute Gasteiger partial charge is 0.416 e. The van der Waals surface area contributed by atoms with Crippen molar-refractivity contribution in [3.63, 3.8) is 0 Å². The zero-order valence-electron chi connectivity index (χ0n) is 9.01. The monoisotopic (exact) mass is 323 g/mol. The van der Waals surface area contributed by atoms with E-state index >= 15 is 0 Å². The van der Waals surface area contributed by atoms with Gasteiger partial charge in [-0.3, -0.25) is 0 Å². The fraction of sp³-hybridized carbons (Fsp3) is 0.182. The molecule has 0 amide bonds. The molecule has 0 unspecified atom stereocenters. The second-order valence-corrected chi connectivity index (χ2v) is 4.56. The lowest BCUT2D eigenvalue weighted by Gasteiger charge is -2.12. The number of hydrogen-bond donors (Lipinski definition) is 2. The van der Waals surface area contributed by atoms with Gasteiger partial charge >= 0.3 is 12.1 Å². The summed E-state index contributed by atoms with van der Waals surface area (Å²) < 4.78 is 37.9. The summed E-state index contributed by atoms with van der Waals surface area (Å²) in [5.74, 6) is -1.43. The predicted octanol–water partition coefficient (Wildman–Crippen LogP) is 3.72. The van der Waals surface area contributed by atoms with Crippen molar-refractivity contribution >= 4 is 27.6 Å². The molecule has 0 aromatic heterocycles. The molecule has 1 aromatic carbocycles. The molecule has 3 nitrogen and oxygen atoms in total. The Hall–Kier alpha value is -1.50. The van der Waals surface area contributed by atoms with E-state index in [0.29, 0.717) is 10.5 Å². The zero-order valence-corrected chi connectivity index (χ0v) is 10.6. The summed E-state index contributed by atoms with van der Waals surface area (Å²) in [6.45, 7) is 3.74. The summed E-state index contributed by atoms with van der Waals surface area (Å²) in [5, 5.41) is 11.6. The molecule has 0 aliphatic carbocycles. The number of benzene rings is 1. The average molecular weight is 324 g/mol. The van der Waals surface area contributed by atoms with Crippen LogP contribution in [0.3, 0.4) is 0 Å². The summed E-state index contributed by atoms with van der Waals surface area (Å²) in [5.41, 5.74) is -1.32. The number of aromatic carboxylic acids is 1. The minimum atomic E-state index is -4.57. The summed E-state index contributed by atoms with van der Waals surface area (Å²) in [7, 11) is 0. The van der Waals surface area contributed by atoms with E-state index < -0.39 is 23.3 Å². The number of halogens is 4. The van der Waals surface area contributed by atoms with E-state index in [1.165, 1.54) is 0 Å². The first-order valence-electron chi connectivity index (χ1n) is 4.73. The van der Waals surface area contributed by atoms with Crippen molar-refractivity contribution in [1.82, 2.24) is 0 Å². The van der Waals surface area contributed by atoms with Crippen LogP contribution in [0.25, 0.3) is 0 Å². The van der Waals surface area contributed by atoms with Gasteiger partial charge in [0.25, 0.3) is 0 Å². The Morgan fingerprint density at radius 1 is 1.44 bits per heavy atom. The van der Waals surface area contributed by atoms with Gasteiger partial charge in [0.05, 0.1) is 11.1 Å². The lowest BCUT2D eigenvalue weighted by atomic mass is 10.1. The first-order chi connectivity index (χ1) is 8.21. The summed E-state index contributed by atoms with van der Waals surface area (Å²) in [6.07, 6.45) is -4.57. The largest absolute Gasteiger partial charge is 0.478 e. The number of carboxylic acid groups (broad SMARTS) is 1. The van der Waals surface area contributed by atoms with Gasteiger partial charge in [-0.25, -0.2) is 4.79 Å². The fourth-order valence-corrected chi connectivity index (χ4v) is 1.38. The van der Waals surface area contributed by atoms with E-state index in [1.54, 1.807) is 0 Å². The maximum Gasteiger partial charge on any atom is 0.416 e. The average Bonchev–Trinajstić information content (AvgIpc) is 2.24. The van der Waals surface area contributed by atoms with Crippen molar-refractivity contribution < 1.29 is 23.1 Å². The van der Waals surface area contributed by atoms with E-state index in [2.05, 4.69) is 27.8 Å².